The van der Waals surface area contributed by atoms with Crippen LogP contribution in [-0.2, 0) is 20.8 Å². The Labute approximate surface area is 249 Å². The van der Waals surface area contributed by atoms with Crippen molar-refractivity contribution in [3.63, 3.8) is 0 Å². The predicted molar refractivity (Wildman–Crippen MR) is 168 cm³/mol. The molecule has 0 aromatic carbocycles. The van der Waals surface area contributed by atoms with E-state index in [0.717, 1.165) is 47.0 Å². The van der Waals surface area contributed by atoms with E-state index in [-0.39, 0.29) is 14.9 Å². The van der Waals surface area contributed by atoms with Gasteiger partial charge in [0, 0.05) is 15.2 Å². The van der Waals surface area contributed by atoms with E-state index in [0.29, 0.717) is 0 Å². The van der Waals surface area contributed by atoms with Crippen LogP contribution in [-0.4, -0.2) is 15.2 Å². The zero-order chi connectivity index (χ0) is 25.1. The van der Waals surface area contributed by atoms with Gasteiger partial charge in [0.05, 0.1) is 0 Å². The van der Waals surface area contributed by atoms with E-state index in [2.05, 4.69) is 47.0 Å². The van der Waals surface area contributed by atoms with Crippen molar-refractivity contribution in [3.8, 4) is 0 Å². The zero-order valence-corrected chi connectivity index (χ0v) is 31.6. The molecule has 0 aromatic rings. The number of halogens is 2. The quantitative estimate of drug-likeness (QED) is 0.190. The first kappa shape index (κ1) is 35.9. The summed E-state index contributed by atoms with van der Waals surface area (Å²) in [5.74, 6) is 7.53. The van der Waals surface area contributed by atoms with Crippen LogP contribution in [0.4, 0.5) is 0 Å². The van der Waals surface area contributed by atoms with Crippen LogP contribution < -0.4 is 0 Å². The third kappa shape index (κ3) is 7.39. The van der Waals surface area contributed by atoms with E-state index >= 15 is 0 Å². The zero-order valence-electron chi connectivity index (χ0n) is 25.6. The first-order valence-corrected chi connectivity index (χ1v) is 28.6. The molecule has 4 rings (SSSR count). The maximum absolute atomic E-state index is 4.93. The Morgan fingerprint density at radius 1 is 0.722 bits per heavy atom. The molecule has 0 spiro atoms. The normalized spacial score (nSPS) is 35.9. The Kier molecular flexibility index (Phi) is 15.7. The van der Waals surface area contributed by atoms with Gasteiger partial charge in [-0.05, 0) is 78.2 Å². The van der Waals surface area contributed by atoms with Crippen molar-refractivity contribution in [3.05, 3.63) is 14.9 Å². The first-order valence-electron chi connectivity index (χ1n) is 15.1. The van der Waals surface area contributed by atoms with Crippen molar-refractivity contribution in [1.29, 1.82) is 0 Å². The Morgan fingerprint density at radius 2 is 1.14 bits per heavy atom. The average Bonchev–Trinajstić information content (AvgIpc) is 3.38. The molecule has 0 N–H and O–H groups in total. The molecular formula is C31H62Cl2Si2Zr. The van der Waals surface area contributed by atoms with Crippen molar-refractivity contribution in [2.24, 2.45) is 41.4 Å². The van der Waals surface area contributed by atoms with E-state index in [1.807, 2.05) is 0 Å². The van der Waals surface area contributed by atoms with Crippen LogP contribution in [0.25, 0.3) is 0 Å². The topological polar surface area (TPSA) is 0 Å². The summed E-state index contributed by atoms with van der Waals surface area (Å²) < 4.78 is 0. The summed E-state index contributed by atoms with van der Waals surface area (Å²) in [5.41, 5.74) is 2.32. The van der Waals surface area contributed by atoms with Crippen LogP contribution in [0.3, 0.4) is 0 Å². The average molecular weight is 653 g/mol. The molecule has 0 aromatic heterocycles. The number of hydrogen-bond acceptors (Lipinski definition) is 0. The van der Waals surface area contributed by atoms with Crippen LogP contribution in [0.2, 0.25) is 37.3 Å². The summed E-state index contributed by atoms with van der Waals surface area (Å²) in [4.78, 5) is 0. The van der Waals surface area contributed by atoms with Gasteiger partial charge in [-0.1, -0.05) is 105 Å². The second-order valence-corrected chi connectivity index (χ2v) is 34.1. The molecule has 212 valence electrons. The SMILES string of the molecule is CCCCC1CC([Si](C)(C)[Si](C)(C)C2CC(C(C)C)C3CCCCC32)C2CCCCC12.[CH3-].[CH3-].[Cl][Zr+2][Cl]. The number of rotatable bonds is 7. The molecule has 4 aliphatic rings. The van der Waals surface area contributed by atoms with Crippen LogP contribution >= 0.6 is 17.0 Å². The van der Waals surface area contributed by atoms with Crippen LogP contribution in [0, 0.1) is 56.3 Å². The minimum atomic E-state index is -1.26. The van der Waals surface area contributed by atoms with Gasteiger partial charge in [0.1, 0.15) is 0 Å². The van der Waals surface area contributed by atoms with E-state index in [4.69, 9.17) is 17.0 Å². The van der Waals surface area contributed by atoms with Crippen LogP contribution in [0.5, 0.6) is 0 Å². The molecule has 8 unspecified atom stereocenters. The Hall–Kier alpha value is 1.90. The molecule has 0 nitrogen and oxygen atoms in total. The molecule has 0 aliphatic heterocycles. The fourth-order valence-corrected chi connectivity index (χ4v) is 24.3. The molecule has 36 heavy (non-hydrogen) atoms. The second kappa shape index (κ2) is 15.8. The monoisotopic (exact) mass is 650 g/mol. The standard InChI is InChI=1S/C29H56Si2.2CH3.2ClH.Zr/c1-8-9-14-22-19-28(25-17-12-10-15-23(22)25)30(4,5)31(6,7)29-20-27(21(2)3)24-16-11-13-18-26(24)29;;;;;/h21-29H,8-20H2,1-7H3;2*1H3;2*1H;/q;2*-1;;;+4/p-2. The molecule has 4 aliphatic carbocycles. The summed E-state index contributed by atoms with van der Waals surface area (Å²) in [6, 6.07) is 0. The summed E-state index contributed by atoms with van der Waals surface area (Å²) >= 11 is -0.826. The van der Waals surface area contributed by atoms with E-state index < -0.39 is 36.0 Å². The van der Waals surface area contributed by atoms with Crippen molar-refractivity contribution in [2.45, 2.75) is 142 Å². The van der Waals surface area contributed by atoms with Gasteiger partial charge >= 0.3 is 37.9 Å². The first-order chi connectivity index (χ1) is 16.1. The van der Waals surface area contributed by atoms with Gasteiger partial charge in [-0.2, -0.15) is 0 Å². The molecule has 0 amide bonds. The third-order valence-corrected chi connectivity index (χ3v) is 32.9. The summed E-state index contributed by atoms with van der Waals surface area (Å²) in [6.45, 7) is 19.3. The summed E-state index contributed by atoms with van der Waals surface area (Å²) in [7, 11) is 7.36. The van der Waals surface area contributed by atoms with Gasteiger partial charge in [0.15, 0.2) is 0 Å². The minimum absolute atomic E-state index is 0. The third-order valence-electron chi connectivity index (χ3n) is 12.3. The molecule has 0 bridgehead atoms. The van der Waals surface area contributed by atoms with Gasteiger partial charge in [0.25, 0.3) is 0 Å². The molecular weight excluding hydrogens is 591 g/mol. The fraction of sp³-hybridized carbons (Fsp3) is 0.935. The second-order valence-electron chi connectivity index (χ2n) is 14.2. The molecule has 4 fully saturated rings. The van der Waals surface area contributed by atoms with Crippen LogP contribution in [0.1, 0.15) is 104 Å². The van der Waals surface area contributed by atoms with E-state index in [9.17, 15) is 0 Å². The fourth-order valence-electron chi connectivity index (χ4n) is 9.99. The van der Waals surface area contributed by atoms with Crippen LogP contribution in [0.15, 0.2) is 0 Å². The number of unbranched alkanes of at least 4 members (excludes halogenated alkanes) is 1. The van der Waals surface area contributed by atoms with Crippen molar-refractivity contribution in [2.75, 3.05) is 0 Å². The van der Waals surface area contributed by atoms with Gasteiger partial charge in [-0.3, -0.25) is 0 Å². The summed E-state index contributed by atoms with van der Waals surface area (Å²) in [6.07, 6.45) is 20.3. The van der Waals surface area contributed by atoms with Crippen molar-refractivity contribution >= 4 is 32.2 Å². The predicted octanol–water partition coefficient (Wildman–Crippen LogP) is 12.0. The Balaban J connectivity index is 0.00000123. The van der Waals surface area contributed by atoms with Gasteiger partial charge in [-0.25, -0.2) is 0 Å². The van der Waals surface area contributed by atoms with Gasteiger partial charge in [0.2, 0.25) is 0 Å². The van der Waals surface area contributed by atoms with E-state index in [1.54, 1.807) is 64.2 Å². The summed E-state index contributed by atoms with van der Waals surface area (Å²) in [5, 5.41) is 0. The maximum atomic E-state index is 4.93. The molecule has 4 saturated carbocycles. The molecule has 0 radical (unpaired) electrons. The van der Waals surface area contributed by atoms with Gasteiger partial charge in [-0.15, -0.1) is 0 Å². The number of fused-ring (bicyclic) bond motifs is 2. The Morgan fingerprint density at radius 3 is 1.61 bits per heavy atom. The van der Waals surface area contributed by atoms with Crippen molar-refractivity contribution in [1.82, 2.24) is 0 Å². The molecule has 0 saturated heterocycles. The molecule has 8 atom stereocenters. The molecule has 5 heteroatoms. The Bertz CT molecular complexity index is 626. The number of hydrogen-bond donors (Lipinski definition) is 0. The van der Waals surface area contributed by atoms with Gasteiger partial charge < -0.3 is 14.9 Å². The van der Waals surface area contributed by atoms with E-state index in [1.165, 1.54) is 24.8 Å². The van der Waals surface area contributed by atoms with Crippen molar-refractivity contribution < 1.29 is 20.8 Å². The molecule has 0 heterocycles.